The molecule has 136 valence electrons. The number of hydrogen-bond donors (Lipinski definition) is 0. The largest absolute Gasteiger partial charge is 0.317 e. The van der Waals surface area contributed by atoms with Crippen molar-refractivity contribution in [3.8, 4) is 5.69 Å². The molecule has 4 heteroatoms. The molecule has 1 aromatic heterocycles. The SMILES string of the molecule is O=[N+]([O-])C1(c2ccc3c(ccn3-c3ccccc3)c2)C=Cc2ccccc2C1. The Hall–Kier alpha value is -3.66. The second kappa shape index (κ2) is 6.20. The first-order valence-corrected chi connectivity index (χ1v) is 9.26. The van der Waals surface area contributed by atoms with Crippen molar-refractivity contribution in [3.63, 3.8) is 0 Å². The molecule has 4 aromatic rings. The second-order valence-corrected chi connectivity index (χ2v) is 7.19. The summed E-state index contributed by atoms with van der Waals surface area (Å²) in [4.78, 5) is 12.0. The van der Waals surface area contributed by atoms with Crippen molar-refractivity contribution in [1.82, 2.24) is 4.57 Å². The zero-order chi connectivity index (χ0) is 19.1. The molecular weight excluding hydrogens is 348 g/mol. The third-order valence-electron chi connectivity index (χ3n) is 5.60. The van der Waals surface area contributed by atoms with Crippen molar-refractivity contribution in [1.29, 1.82) is 0 Å². The Balaban J connectivity index is 1.63. The Morgan fingerprint density at radius 2 is 1.71 bits per heavy atom. The average Bonchev–Trinajstić information content (AvgIpc) is 3.17. The lowest BCUT2D eigenvalue weighted by Crippen LogP contribution is -2.37. The van der Waals surface area contributed by atoms with E-state index in [2.05, 4.69) is 4.57 Å². The second-order valence-electron chi connectivity index (χ2n) is 7.19. The predicted octanol–water partition coefficient (Wildman–Crippen LogP) is 5.37. The number of rotatable bonds is 3. The van der Waals surface area contributed by atoms with Gasteiger partial charge in [-0.25, -0.2) is 0 Å². The maximum absolute atomic E-state index is 12.2. The van der Waals surface area contributed by atoms with Crippen LogP contribution < -0.4 is 0 Å². The van der Waals surface area contributed by atoms with E-state index in [-0.39, 0.29) is 4.92 Å². The van der Waals surface area contributed by atoms with E-state index >= 15 is 0 Å². The van der Waals surface area contributed by atoms with Gasteiger partial charge in [0.1, 0.15) is 0 Å². The van der Waals surface area contributed by atoms with E-state index in [1.807, 2.05) is 91.1 Å². The molecule has 5 rings (SSSR count). The summed E-state index contributed by atoms with van der Waals surface area (Å²) in [6.45, 7) is 0. The van der Waals surface area contributed by atoms with Gasteiger partial charge in [-0.05, 0) is 53.6 Å². The van der Waals surface area contributed by atoms with Crippen LogP contribution in [0.4, 0.5) is 0 Å². The summed E-state index contributed by atoms with van der Waals surface area (Å²) < 4.78 is 2.10. The van der Waals surface area contributed by atoms with Crippen LogP contribution in [0.5, 0.6) is 0 Å². The van der Waals surface area contributed by atoms with Gasteiger partial charge < -0.3 is 4.57 Å². The zero-order valence-corrected chi connectivity index (χ0v) is 15.2. The lowest BCUT2D eigenvalue weighted by Gasteiger charge is -2.27. The van der Waals surface area contributed by atoms with Gasteiger partial charge in [0.2, 0.25) is 0 Å². The van der Waals surface area contributed by atoms with Crippen LogP contribution in [-0.4, -0.2) is 9.49 Å². The van der Waals surface area contributed by atoms with Gasteiger partial charge in [-0.2, -0.15) is 0 Å². The van der Waals surface area contributed by atoms with E-state index in [1.54, 1.807) is 6.08 Å². The van der Waals surface area contributed by atoms with Gasteiger partial charge in [-0.1, -0.05) is 48.5 Å². The molecule has 0 amide bonds. The minimum absolute atomic E-state index is 0.158. The number of aromatic nitrogens is 1. The molecule has 0 aliphatic heterocycles. The molecule has 1 unspecified atom stereocenters. The first-order valence-electron chi connectivity index (χ1n) is 9.26. The standard InChI is InChI=1S/C24H18N2O2/c27-26(28)24(14-12-18-6-4-5-7-20(18)17-24)21-10-11-23-19(16-21)13-15-25(23)22-8-2-1-3-9-22/h1-16H,17H2. The molecule has 1 atom stereocenters. The average molecular weight is 366 g/mol. The number of benzene rings is 3. The van der Waals surface area contributed by atoms with Crippen molar-refractivity contribution in [2.75, 3.05) is 0 Å². The van der Waals surface area contributed by atoms with E-state index in [1.165, 1.54) is 0 Å². The molecule has 1 heterocycles. The highest BCUT2D eigenvalue weighted by Crippen LogP contribution is 2.38. The lowest BCUT2D eigenvalue weighted by molar-refractivity contribution is -0.563. The van der Waals surface area contributed by atoms with E-state index in [9.17, 15) is 10.1 Å². The van der Waals surface area contributed by atoms with E-state index < -0.39 is 5.54 Å². The highest BCUT2D eigenvalue weighted by atomic mass is 16.6. The maximum Gasteiger partial charge on any atom is 0.269 e. The van der Waals surface area contributed by atoms with Crippen molar-refractivity contribution < 1.29 is 4.92 Å². The number of nitrogens with zero attached hydrogens (tertiary/aromatic N) is 2. The topological polar surface area (TPSA) is 48.1 Å². The Kier molecular flexibility index (Phi) is 3.66. The fourth-order valence-corrected chi connectivity index (χ4v) is 4.09. The van der Waals surface area contributed by atoms with Gasteiger partial charge in [-0.3, -0.25) is 10.1 Å². The van der Waals surface area contributed by atoms with Crippen LogP contribution in [0.1, 0.15) is 16.7 Å². The summed E-state index contributed by atoms with van der Waals surface area (Å²) in [5.74, 6) is 0. The van der Waals surface area contributed by atoms with E-state index in [4.69, 9.17) is 0 Å². The summed E-state index contributed by atoms with van der Waals surface area (Å²) in [5, 5.41) is 13.2. The summed E-state index contributed by atoms with van der Waals surface area (Å²) in [5.41, 5.74) is 3.63. The summed E-state index contributed by atoms with van der Waals surface area (Å²) in [7, 11) is 0. The number of nitro groups is 1. The highest BCUT2D eigenvalue weighted by Gasteiger charge is 2.44. The zero-order valence-electron chi connectivity index (χ0n) is 15.2. The third-order valence-corrected chi connectivity index (χ3v) is 5.60. The molecule has 0 radical (unpaired) electrons. The summed E-state index contributed by atoms with van der Waals surface area (Å²) in [6, 6.07) is 25.8. The van der Waals surface area contributed by atoms with Crippen molar-refractivity contribution in [3.05, 3.63) is 118 Å². The van der Waals surface area contributed by atoms with E-state index in [0.717, 1.165) is 27.7 Å². The summed E-state index contributed by atoms with van der Waals surface area (Å²) >= 11 is 0. The predicted molar refractivity (Wildman–Crippen MR) is 111 cm³/mol. The van der Waals surface area contributed by atoms with Crippen molar-refractivity contribution in [2.24, 2.45) is 0 Å². The van der Waals surface area contributed by atoms with Crippen molar-refractivity contribution >= 4 is 17.0 Å². The van der Waals surface area contributed by atoms with Crippen LogP contribution in [0, 0.1) is 10.1 Å². The number of para-hydroxylation sites is 1. The Morgan fingerprint density at radius 3 is 2.54 bits per heavy atom. The van der Waals surface area contributed by atoms with Crippen LogP contribution >= 0.6 is 0 Å². The van der Waals surface area contributed by atoms with Gasteiger partial charge >= 0.3 is 0 Å². The van der Waals surface area contributed by atoms with Crippen LogP contribution in [-0.2, 0) is 12.0 Å². The Labute approximate surface area is 162 Å². The molecule has 0 saturated carbocycles. The van der Waals surface area contributed by atoms with Gasteiger partial charge in [0.25, 0.3) is 5.54 Å². The van der Waals surface area contributed by atoms with E-state index in [0.29, 0.717) is 12.0 Å². The smallest absolute Gasteiger partial charge is 0.269 e. The molecule has 28 heavy (non-hydrogen) atoms. The van der Waals surface area contributed by atoms with Crippen LogP contribution in [0.15, 0.2) is 91.1 Å². The Morgan fingerprint density at radius 1 is 0.929 bits per heavy atom. The molecule has 1 aliphatic carbocycles. The molecule has 4 nitrogen and oxygen atoms in total. The minimum Gasteiger partial charge on any atom is -0.317 e. The lowest BCUT2D eigenvalue weighted by atomic mass is 9.78. The van der Waals surface area contributed by atoms with Gasteiger partial charge in [0, 0.05) is 27.8 Å². The maximum atomic E-state index is 12.2. The van der Waals surface area contributed by atoms with Crippen LogP contribution in [0.2, 0.25) is 0 Å². The normalized spacial score (nSPS) is 18.1. The fourth-order valence-electron chi connectivity index (χ4n) is 4.09. The van der Waals surface area contributed by atoms with Gasteiger partial charge in [-0.15, -0.1) is 0 Å². The molecule has 0 N–H and O–H groups in total. The monoisotopic (exact) mass is 366 g/mol. The quantitative estimate of drug-likeness (QED) is 0.361. The molecule has 1 aliphatic rings. The first-order chi connectivity index (χ1) is 13.7. The van der Waals surface area contributed by atoms with Crippen LogP contribution in [0.3, 0.4) is 0 Å². The number of fused-ring (bicyclic) bond motifs is 2. The molecule has 3 aromatic carbocycles. The highest BCUT2D eigenvalue weighted by molar-refractivity contribution is 5.83. The number of hydrogen-bond acceptors (Lipinski definition) is 2. The van der Waals surface area contributed by atoms with Gasteiger partial charge in [0.15, 0.2) is 0 Å². The Bertz CT molecular complexity index is 1220. The fraction of sp³-hybridized carbons (Fsp3) is 0.0833. The molecule has 0 spiro atoms. The van der Waals surface area contributed by atoms with Crippen molar-refractivity contribution in [2.45, 2.75) is 12.0 Å². The van der Waals surface area contributed by atoms with Crippen LogP contribution in [0.25, 0.3) is 22.7 Å². The third kappa shape index (κ3) is 2.46. The van der Waals surface area contributed by atoms with Gasteiger partial charge in [0.05, 0.1) is 11.9 Å². The minimum atomic E-state index is -1.24. The summed E-state index contributed by atoms with van der Waals surface area (Å²) in [6.07, 6.45) is 5.98. The molecule has 0 fully saturated rings. The molecule has 0 saturated heterocycles. The first kappa shape index (κ1) is 16.5. The molecular formula is C24H18N2O2. The molecule has 0 bridgehead atoms.